The number of rotatable bonds is 7. The first kappa shape index (κ1) is 33.0. The van der Waals surface area contributed by atoms with Crippen LogP contribution in [-0.2, 0) is 34.5 Å². The number of nitrogens with zero attached hydrogens (tertiary/aromatic N) is 2. The minimum atomic E-state index is -5.00. The molecular weight excluding hydrogens is 653 g/mol. The van der Waals surface area contributed by atoms with Crippen LogP contribution in [0.4, 0.5) is 31.1 Å². The van der Waals surface area contributed by atoms with Crippen molar-refractivity contribution in [1.29, 1.82) is 0 Å². The minimum Gasteiger partial charge on any atom is -0.448 e. The number of fused-ring (bicyclic) bond motifs is 3. The monoisotopic (exact) mass is 685 g/mol. The van der Waals surface area contributed by atoms with Crippen LogP contribution in [-0.4, -0.2) is 54.8 Å². The van der Waals surface area contributed by atoms with Crippen LogP contribution in [0.15, 0.2) is 66.7 Å². The molecule has 2 bridgehead atoms. The summed E-state index contributed by atoms with van der Waals surface area (Å²) in [6, 6.07) is 17.1. The predicted molar refractivity (Wildman–Crippen MR) is 163 cm³/mol. The van der Waals surface area contributed by atoms with E-state index in [4.69, 9.17) is 27.9 Å². The maximum absolute atomic E-state index is 13.6. The first-order chi connectivity index (χ1) is 21.6. The van der Waals surface area contributed by atoms with Crippen molar-refractivity contribution < 1.29 is 40.4 Å². The van der Waals surface area contributed by atoms with Crippen LogP contribution in [0.3, 0.4) is 0 Å². The fourth-order valence-corrected chi connectivity index (χ4v) is 7.89. The zero-order chi connectivity index (χ0) is 33.0. The van der Waals surface area contributed by atoms with E-state index >= 15 is 0 Å². The van der Waals surface area contributed by atoms with Crippen LogP contribution in [0, 0.1) is 0 Å². The number of carbonyl (C=O) groups is 1. The van der Waals surface area contributed by atoms with Gasteiger partial charge in [0.1, 0.15) is 6.61 Å². The first-order valence-electron chi connectivity index (χ1n) is 15.2. The lowest BCUT2D eigenvalue weighted by molar-refractivity contribution is -0.944. The first-order valence-corrected chi connectivity index (χ1v) is 15.9. The molecule has 4 fully saturated rings. The summed E-state index contributed by atoms with van der Waals surface area (Å²) in [6.45, 7) is 3.24. The SMILES string of the molecule is O=C1OCC(CC[N+]23CCC(c4ccccc4)(CC2)CC3)(c2ccc(Cl)c(Cl)c2)CN1Cc1cc(C(F)(F)F)cc(C(F)(F)F)c1. The van der Waals surface area contributed by atoms with Gasteiger partial charge in [-0.3, -0.25) is 0 Å². The van der Waals surface area contributed by atoms with E-state index in [1.807, 2.05) is 6.07 Å². The van der Waals surface area contributed by atoms with Crippen molar-refractivity contribution >= 4 is 29.3 Å². The third-order valence-corrected chi connectivity index (χ3v) is 11.2. The van der Waals surface area contributed by atoms with Crippen LogP contribution in [0.5, 0.6) is 0 Å². The van der Waals surface area contributed by atoms with Crippen LogP contribution >= 0.6 is 23.2 Å². The highest BCUT2D eigenvalue weighted by atomic mass is 35.5. The second kappa shape index (κ2) is 11.9. The Labute approximate surface area is 273 Å². The van der Waals surface area contributed by atoms with Gasteiger partial charge in [-0.05, 0) is 47.0 Å². The summed E-state index contributed by atoms with van der Waals surface area (Å²) in [6.07, 6.45) is -7.10. The van der Waals surface area contributed by atoms with Crippen molar-refractivity contribution in [2.45, 2.75) is 55.4 Å². The van der Waals surface area contributed by atoms with Gasteiger partial charge in [-0.15, -0.1) is 0 Å². The number of piperidine rings is 3. The molecule has 3 aromatic rings. The molecular formula is C34H33Cl2F6N2O2+. The molecule has 0 N–H and O–H groups in total. The van der Waals surface area contributed by atoms with Crippen molar-refractivity contribution in [3.8, 4) is 0 Å². The molecule has 4 aliphatic heterocycles. The average molecular weight is 687 g/mol. The highest BCUT2D eigenvalue weighted by molar-refractivity contribution is 6.42. The number of alkyl halides is 6. The van der Waals surface area contributed by atoms with Crippen LogP contribution in [0.2, 0.25) is 10.0 Å². The Balaban J connectivity index is 1.28. The Morgan fingerprint density at radius 2 is 1.39 bits per heavy atom. The standard InChI is InChI=1S/C34H33Cl2F6N2O2/c35-28-7-6-25(19-29(28)36)32(11-15-44-12-8-31(9-13-44,10-14-44)24-4-2-1-3-5-24)21-43(30(45)46-22-32)20-23-16-26(33(37,38)39)18-27(17-23)34(40,41)42/h1-7,16-19H,8-15,20-22H2/q+1. The van der Waals surface area contributed by atoms with Crippen molar-refractivity contribution in [3.63, 3.8) is 0 Å². The number of halogens is 8. The highest BCUT2D eigenvalue weighted by Crippen LogP contribution is 2.47. The Hall–Kier alpha value is -2.95. The molecule has 0 saturated carbocycles. The molecule has 0 aromatic heterocycles. The van der Waals surface area contributed by atoms with E-state index in [0.717, 1.165) is 55.5 Å². The molecule has 4 saturated heterocycles. The number of quaternary nitrogens is 1. The summed E-state index contributed by atoms with van der Waals surface area (Å²) in [7, 11) is 0. The van der Waals surface area contributed by atoms with Gasteiger partial charge in [0.05, 0.1) is 52.8 Å². The van der Waals surface area contributed by atoms with Gasteiger partial charge >= 0.3 is 18.4 Å². The smallest absolute Gasteiger partial charge is 0.416 e. The van der Waals surface area contributed by atoms with Crippen molar-refractivity contribution in [2.75, 3.05) is 39.3 Å². The van der Waals surface area contributed by atoms with Crippen molar-refractivity contribution in [2.24, 2.45) is 0 Å². The van der Waals surface area contributed by atoms with E-state index < -0.39 is 41.5 Å². The van der Waals surface area contributed by atoms with E-state index in [-0.39, 0.29) is 30.2 Å². The fraction of sp³-hybridized carbons (Fsp3) is 0.441. The third-order valence-electron chi connectivity index (χ3n) is 10.4. The molecule has 1 amide bonds. The van der Waals surface area contributed by atoms with E-state index in [1.165, 1.54) is 10.5 Å². The van der Waals surface area contributed by atoms with Crippen LogP contribution < -0.4 is 0 Å². The Kier molecular flexibility index (Phi) is 8.55. The van der Waals surface area contributed by atoms with Gasteiger partial charge in [0.15, 0.2) is 0 Å². The molecule has 1 atom stereocenters. The zero-order valence-electron chi connectivity index (χ0n) is 24.9. The molecule has 4 aliphatic rings. The molecule has 7 rings (SSSR count). The Morgan fingerprint density at radius 1 is 0.783 bits per heavy atom. The summed E-state index contributed by atoms with van der Waals surface area (Å²) >= 11 is 12.6. The third kappa shape index (κ3) is 6.45. The summed E-state index contributed by atoms with van der Waals surface area (Å²) in [5.41, 5.74) is -1.71. The largest absolute Gasteiger partial charge is 0.448 e. The van der Waals surface area contributed by atoms with E-state index in [2.05, 4.69) is 24.3 Å². The summed E-state index contributed by atoms with van der Waals surface area (Å²) < 4.78 is 88.0. The second-order valence-corrected chi connectivity index (χ2v) is 13.9. The number of hydrogen-bond acceptors (Lipinski definition) is 2. The topological polar surface area (TPSA) is 29.5 Å². The lowest BCUT2D eigenvalue weighted by Gasteiger charge is -2.56. The number of ether oxygens (including phenoxy) is 1. The molecule has 0 spiro atoms. The van der Waals surface area contributed by atoms with E-state index in [9.17, 15) is 31.1 Å². The van der Waals surface area contributed by atoms with Crippen molar-refractivity contribution in [3.05, 3.63) is 105 Å². The summed E-state index contributed by atoms with van der Waals surface area (Å²) in [4.78, 5) is 14.2. The van der Waals surface area contributed by atoms with E-state index in [0.29, 0.717) is 28.6 Å². The fourth-order valence-electron chi connectivity index (χ4n) is 7.59. The molecule has 1 unspecified atom stereocenters. The van der Waals surface area contributed by atoms with Gasteiger partial charge in [-0.25, -0.2) is 4.79 Å². The maximum atomic E-state index is 13.6. The molecule has 3 aromatic carbocycles. The quantitative estimate of drug-likeness (QED) is 0.183. The van der Waals surface area contributed by atoms with Gasteiger partial charge in [0.25, 0.3) is 0 Å². The lowest BCUT2D eigenvalue weighted by atomic mass is 9.66. The molecule has 4 heterocycles. The lowest BCUT2D eigenvalue weighted by Crippen LogP contribution is -2.64. The van der Waals surface area contributed by atoms with Gasteiger partial charge in [0, 0.05) is 44.2 Å². The van der Waals surface area contributed by atoms with E-state index in [1.54, 1.807) is 18.2 Å². The average Bonchev–Trinajstić information content (AvgIpc) is 3.03. The molecule has 46 heavy (non-hydrogen) atoms. The van der Waals surface area contributed by atoms with Crippen LogP contribution in [0.1, 0.15) is 53.5 Å². The molecule has 4 nitrogen and oxygen atoms in total. The van der Waals surface area contributed by atoms with Gasteiger partial charge in [-0.2, -0.15) is 26.3 Å². The summed E-state index contributed by atoms with van der Waals surface area (Å²) in [5.74, 6) is 0. The normalized spacial score (nSPS) is 26.7. The van der Waals surface area contributed by atoms with Gasteiger partial charge < -0.3 is 14.1 Å². The van der Waals surface area contributed by atoms with Crippen molar-refractivity contribution in [1.82, 2.24) is 4.90 Å². The zero-order valence-corrected chi connectivity index (χ0v) is 26.4. The second-order valence-electron chi connectivity index (χ2n) is 13.1. The number of benzene rings is 3. The summed E-state index contributed by atoms with van der Waals surface area (Å²) in [5, 5.41) is 0.630. The number of hydrogen-bond donors (Lipinski definition) is 0. The predicted octanol–water partition coefficient (Wildman–Crippen LogP) is 9.26. The number of cyclic esters (lactones) is 1. The minimum absolute atomic E-state index is 0.00929. The molecule has 12 heteroatoms. The number of amides is 1. The van der Waals surface area contributed by atoms with Crippen LogP contribution in [0.25, 0.3) is 0 Å². The molecule has 0 radical (unpaired) electrons. The Bertz CT molecular complexity index is 1560. The van der Waals surface area contributed by atoms with Gasteiger partial charge in [0.2, 0.25) is 0 Å². The Morgan fingerprint density at radius 3 is 1.96 bits per heavy atom. The number of carbonyl (C=O) groups excluding carboxylic acids is 1. The highest BCUT2D eigenvalue weighted by Gasteiger charge is 2.51. The van der Waals surface area contributed by atoms with Gasteiger partial charge in [-0.1, -0.05) is 59.6 Å². The maximum Gasteiger partial charge on any atom is 0.416 e. The molecule has 0 aliphatic carbocycles. The molecule has 246 valence electrons.